The molecule has 0 unspecified atom stereocenters. The lowest BCUT2D eigenvalue weighted by Crippen LogP contribution is -2.37. The normalized spacial score (nSPS) is 16.6. The molecule has 2 aromatic rings. The van der Waals surface area contributed by atoms with E-state index in [9.17, 15) is 17.6 Å². The minimum atomic E-state index is -3.62. The van der Waals surface area contributed by atoms with Crippen LogP contribution in [0.2, 0.25) is 0 Å². The molecule has 7 nitrogen and oxygen atoms in total. The van der Waals surface area contributed by atoms with Crippen LogP contribution >= 0.6 is 0 Å². The number of carbonyl (C=O) groups is 1. The minimum Gasteiger partial charge on any atom is -0.337 e. The predicted octanol–water partition coefficient (Wildman–Crippen LogP) is 1.10. The number of sulfonamides is 1. The second-order valence-electron chi connectivity index (χ2n) is 5.91. The number of rotatable bonds is 3. The van der Waals surface area contributed by atoms with Crippen LogP contribution in [0.15, 0.2) is 41.6 Å². The van der Waals surface area contributed by atoms with Crippen LogP contribution < -0.4 is 0 Å². The lowest BCUT2D eigenvalue weighted by Gasteiger charge is -2.21. The molecule has 1 aliphatic rings. The Hall–Kier alpha value is -2.26. The molecule has 3 rings (SSSR count). The number of amides is 1. The average Bonchev–Trinajstić information content (AvgIpc) is 2.88. The van der Waals surface area contributed by atoms with E-state index in [1.165, 1.54) is 45.6 Å². The molecule has 1 fully saturated rings. The zero-order valence-corrected chi connectivity index (χ0v) is 14.6. The molecule has 0 radical (unpaired) electrons. The Labute approximate surface area is 145 Å². The van der Waals surface area contributed by atoms with Crippen LogP contribution in [0.4, 0.5) is 4.39 Å². The largest absolute Gasteiger partial charge is 0.337 e. The Balaban J connectivity index is 1.72. The van der Waals surface area contributed by atoms with Crippen molar-refractivity contribution in [2.75, 3.05) is 26.2 Å². The van der Waals surface area contributed by atoms with Gasteiger partial charge in [-0.25, -0.2) is 12.8 Å². The molecule has 0 saturated carbocycles. The van der Waals surface area contributed by atoms with Gasteiger partial charge in [0.2, 0.25) is 10.0 Å². The van der Waals surface area contributed by atoms with Crippen LogP contribution in [-0.2, 0) is 17.1 Å². The fraction of sp³-hybridized carbons (Fsp3) is 0.375. The third-order valence-corrected chi connectivity index (χ3v) is 6.00. The van der Waals surface area contributed by atoms with Gasteiger partial charge in [0.25, 0.3) is 5.91 Å². The van der Waals surface area contributed by atoms with Crippen LogP contribution in [0, 0.1) is 5.82 Å². The number of carbonyl (C=O) groups excluding carboxylic acids is 1. The maximum Gasteiger partial charge on any atom is 0.253 e. The Morgan fingerprint density at radius 2 is 1.84 bits per heavy atom. The average molecular weight is 366 g/mol. The fourth-order valence-electron chi connectivity index (χ4n) is 2.79. The van der Waals surface area contributed by atoms with Crippen molar-refractivity contribution in [1.82, 2.24) is 19.0 Å². The molecule has 9 heteroatoms. The summed E-state index contributed by atoms with van der Waals surface area (Å²) >= 11 is 0. The summed E-state index contributed by atoms with van der Waals surface area (Å²) in [6.07, 6.45) is 3.32. The SMILES string of the molecule is Cn1cc(S(=O)(=O)N2CCCN(C(=O)c3ccc(F)cc3)CC2)cn1. The van der Waals surface area contributed by atoms with Gasteiger partial charge in [-0.05, 0) is 30.7 Å². The second-order valence-corrected chi connectivity index (χ2v) is 7.84. The number of aryl methyl sites for hydroxylation is 1. The van der Waals surface area contributed by atoms with E-state index in [0.29, 0.717) is 25.1 Å². The van der Waals surface area contributed by atoms with Crippen LogP contribution in [0.25, 0.3) is 0 Å². The van der Waals surface area contributed by atoms with Crippen LogP contribution in [-0.4, -0.2) is 59.5 Å². The van der Waals surface area contributed by atoms with E-state index < -0.39 is 15.8 Å². The first kappa shape index (κ1) is 17.6. The third-order valence-electron chi connectivity index (χ3n) is 4.15. The third kappa shape index (κ3) is 3.72. The van der Waals surface area contributed by atoms with E-state index in [0.717, 1.165) is 0 Å². The van der Waals surface area contributed by atoms with E-state index >= 15 is 0 Å². The van der Waals surface area contributed by atoms with Crippen LogP contribution in [0.1, 0.15) is 16.8 Å². The molecule has 1 aromatic heterocycles. The molecular formula is C16H19FN4O3S. The Morgan fingerprint density at radius 1 is 1.12 bits per heavy atom. The van der Waals surface area contributed by atoms with Crippen LogP contribution in [0.3, 0.4) is 0 Å². The van der Waals surface area contributed by atoms with Crippen molar-refractivity contribution in [2.24, 2.45) is 7.05 Å². The maximum atomic E-state index is 13.0. The predicted molar refractivity (Wildman–Crippen MR) is 88.9 cm³/mol. The molecule has 0 spiro atoms. The van der Waals surface area contributed by atoms with Crippen molar-refractivity contribution in [3.8, 4) is 0 Å². The number of hydrogen-bond donors (Lipinski definition) is 0. The summed E-state index contributed by atoms with van der Waals surface area (Å²) in [7, 11) is -1.96. The molecule has 1 aliphatic heterocycles. The van der Waals surface area contributed by atoms with Crippen molar-refractivity contribution < 1.29 is 17.6 Å². The highest BCUT2D eigenvalue weighted by Crippen LogP contribution is 2.18. The Kier molecular flexibility index (Phi) is 4.87. The summed E-state index contributed by atoms with van der Waals surface area (Å²) in [6, 6.07) is 5.36. The first-order chi connectivity index (χ1) is 11.9. The van der Waals surface area contributed by atoms with Crippen LogP contribution in [0.5, 0.6) is 0 Å². The van der Waals surface area contributed by atoms with Crippen molar-refractivity contribution in [3.63, 3.8) is 0 Å². The smallest absolute Gasteiger partial charge is 0.253 e. The molecule has 0 bridgehead atoms. The van der Waals surface area contributed by atoms with Crippen molar-refractivity contribution in [3.05, 3.63) is 48.0 Å². The summed E-state index contributed by atoms with van der Waals surface area (Å²) in [6.45, 7) is 1.29. The van der Waals surface area contributed by atoms with Crippen molar-refractivity contribution in [2.45, 2.75) is 11.3 Å². The molecule has 25 heavy (non-hydrogen) atoms. The number of nitrogens with zero attached hydrogens (tertiary/aromatic N) is 4. The van der Waals surface area contributed by atoms with Gasteiger partial charge in [0.15, 0.2) is 0 Å². The van der Waals surface area contributed by atoms with Gasteiger partial charge < -0.3 is 4.90 Å². The number of benzene rings is 1. The topological polar surface area (TPSA) is 75.5 Å². The summed E-state index contributed by atoms with van der Waals surface area (Å²) in [4.78, 5) is 14.3. The quantitative estimate of drug-likeness (QED) is 0.815. The minimum absolute atomic E-state index is 0.147. The fourth-order valence-corrected chi connectivity index (χ4v) is 4.25. The van der Waals surface area contributed by atoms with E-state index in [-0.39, 0.29) is 23.9 Å². The highest BCUT2D eigenvalue weighted by molar-refractivity contribution is 7.89. The maximum absolute atomic E-state index is 13.0. The van der Waals surface area contributed by atoms with Crippen molar-refractivity contribution in [1.29, 1.82) is 0 Å². The van der Waals surface area contributed by atoms with Gasteiger partial charge in [-0.3, -0.25) is 9.48 Å². The zero-order chi connectivity index (χ0) is 18.0. The van der Waals surface area contributed by atoms with E-state index in [4.69, 9.17) is 0 Å². The second kappa shape index (κ2) is 6.93. The van der Waals surface area contributed by atoms with Gasteiger partial charge in [0, 0.05) is 45.0 Å². The Bertz CT molecular complexity index is 864. The number of aromatic nitrogens is 2. The van der Waals surface area contributed by atoms with Gasteiger partial charge in [0.05, 0.1) is 6.20 Å². The zero-order valence-electron chi connectivity index (χ0n) is 13.8. The summed E-state index contributed by atoms with van der Waals surface area (Å²) < 4.78 is 41.1. The lowest BCUT2D eigenvalue weighted by molar-refractivity contribution is 0.0764. The highest BCUT2D eigenvalue weighted by Gasteiger charge is 2.29. The molecule has 1 saturated heterocycles. The Morgan fingerprint density at radius 3 is 2.48 bits per heavy atom. The standard InChI is InChI=1S/C16H19FN4O3S/c1-19-12-15(11-18-19)25(23,24)21-8-2-7-20(9-10-21)16(22)13-3-5-14(17)6-4-13/h3-6,11-12H,2,7-10H2,1H3. The molecule has 134 valence electrons. The number of hydrogen-bond acceptors (Lipinski definition) is 4. The monoisotopic (exact) mass is 366 g/mol. The molecule has 1 amide bonds. The highest BCUT2D eigenvalue weighted by atomic mass is 32.2. The first-order valence-corrected chi connectivity index (χ1v) is 9.35. The van der Waals surface area contributed by atoms with Gasteiger partial charge in [-0.2, -0.15) is 9.40 Å². The van der Waals surface area contributed by atoms with E-state index in [1.807, 2.05) is 0 Å². The molecule has 1 aromatic carbocycles. The van der Waals surface area contributed by atoms with Gasteiger partial charge >= 0.3 is 0 Å². The number of halogens is 1. The first-order valence-electron chi connectivity index (χ1n) is 7.91. The van der Waals surface area contributed by atoms with Gasteiger partial charge in [0.1, 0.15) is 10.7 Å². The summed E-state index contributed by atoms with van der Waals surface area (Å²) in [5.74, 6) is -0.623. The molecule has 2 heterocycles. The van der Waals surface area contributed by atoms with Crippen molar-refractivity contribution >= 4 is 15.9 Å². The van der Waals surface area contributed by atoms with E-state index in [2.05, 4.69) is 5.10 Å². The van der Waals surface area contributed by atoms with Gasteiger partial charge in [-0.15, -0.1) is 0 Å². The molecule has 0 atom stereocenters. The summed E-state index contributed by atoms with van der Waals surface area (Å²) in [5.41, 5.74) is 0.393. The van der Waals surface area contributed by atoms with E-state index in [1.54, 1.807) is 11.9 Å². The molecular weight excluding hydrogens is 347 g/mol. The summed E-state index contributed by atoms with van der Waals surface area (Å²) in [5, 5.41) is 3.91. The van der Waals surface area contributed by atoms with Gasteiger partial charge in [-0.1, -0.05) is 0 Å². The molecule has 0 aliphatic carbocycles. The molecule has 0 N–H and O–H groups in total. The lowest BCUT2D eigenvalue weighted by atomic mass is 10.2.